The van der Waals surface area contributed by atoms with E-state index in [0.717, 1.165) is 19.4 Å². The molecule has 16 heavy (non-hydrogen) atoms. The van der Waals surface area contributed by atoms with Crippen LogP contribution < -0.4 is 16.0 Å². The fourth-order valence-electron chi connectivity index (χ4n) is 1.30. The van der Waals surface area contributed by atoms with Gasteiger partial charge in [-0.25, -0.2) is 0 Å². The van der Waals surface area contributed by atoms with Crippen molar-refractivity contribution in [3.63, 3.8) is 0 Å². The van der Waals surface area contributed by atoms with E-state index < -0.39 is 0 Å². The maximum absolute atomic E-state index is 11.5. The first-order chi connectivity index (χ1) is 7.63. The summed E-state index contributed by atoms with van der Waals surface area (Å²) in [6.07, 6.45) is 2.13. The van der Waals surface area contributed by atoms with E-state index in [1.807, 2.05) is 13.8 Å². The van der Waals surface area contributed by atoms with Crippen LogP contribution in [0.5, 0.6) is 0 Å². The van der Waals surface area contributed by atoms with Crippen LogP contribution in [0.2, 0.25) is 0 Å². The van der Waals surface area contributed by atoms with E-state index in [9.17, 15) is 9.59 Å². The van der Waals surface area contributed by atoms with Crippen molar-refractivity contribution >= 4 is 11.8 Å². The van der Waals surface area contributed by atoms with Crippen molar-refractivity contribution in [1.29, 1.82) is 0 Å². The molecule has 1 aliphatic rings. The van der Waals surface area contributed by atoms with Gasteiger partial charge in [-0.3, -0.25) is 9.59 Å². The largest absolute Gasteiger partial charge is 0.352 e. The van der Waals surface area contributed by atoms with Crippen molar-refractivity contribution in [2.24, 2.45) is 5.92 Å². The Balaban J connectivity index is 2.09. The van der Waals surface area contributed by atoms with Gasteiger partial charge >= 0.3 is 0 Å². The average Bonchev–Trinajstić information content (AvgIpc) is 3.06. The lowest BCUT2D eigenvalue weighted by Gasteiger charge is -2.12. The van der Waals surface area contributed by atoms with E-state index in [1.165, 1.54) is 0 Å². The molecule has 0 saturated heterocycles. The van der Waals surface area contributed by atoms with Crippen LogP contribution in [0.15, 0.2) is 0 Å². The second kappa shape index (κ2) is 6.48. The predicted octanol–water partition coefficient (Wildman–Crippen LogP) is -0.373. The van der Waals surface area contributed by atoms with Crippen LogP contribution in [-0.2, 0) is 9.59 Å². The monoisotopic (exact) mass is 227 g/mol. The molecular weight excluding hydrogens is 206 g/mol. The summed E-state index contributed by atoms with van der Waals surface area (Å²) in [6, 6.07) is 0.351. The van der Waals surface area contributed by atoms with E-state index in [2.05, 4.69) is 16.0 Å². The summed E-state index contributed by atoms with van der Waals surface area (Å²) in [4.78, 5) is 22.8. The molecular formula is C11H21N3O2. The first kappa shape index (κ1) is 13.0. The Bertz CT molecular complexity index is 252. The van der Waals surface area contributed by atoms with Gasteiger partial charge in [0.2, 0.25) is 11.8 Å². The number of rotatable bonds is 7. The van der Waals surface area contributed by atoms with Crippen molar-refractivity contribution < 1.29 is 9.59 Å². The lowest BCUT2D eigenvalue weighted by atomic mass is 10.1. The van der Waals surface area contributed by atoms with Crippen molar-refractivity contribution in [2.75, 3.05) is 19.6 Å². The van der Waals surface area contributed by atoms with Crippen molar-refractivity contribution in [3.8, 4) is 0 Å². The van der Waals surface area contributed by atoms with Crippen LogP contribution in [0.4, 0.5) is 0 Å². The van der Waals surface area contributed by atoms with Gasteiger partial charge in [0, 0.05) is 18.5 Å². The Kier molecular flexibility index (Phi) is 5.25. The van der Waals surface area contributed by atoms with Crippen LogP contribution in [0.1, 0.15) is 26.7 Å². The molecule has 0 aromatic carbocycles. The van der Waals surface area contributed by atoms with Gasteiger partial charge in [0.15, 0.2) is 0 Å². The van der Waals surface area contributed by atoms with Gasteiger partial charge in [0.1, 0.15) is 0 Å². The average molecular weight is 227 g/mol. The number of hydrogen-bond donors (Lipinski definition) is 3. The van der Waals surface area contributed by atoms with Gasteiger partial charge in [0.25, 0.3) is 0 Å². The van der Waals surface area contributed by atoms with E-state index >= 15 is 0 Å². The molecule has 0 bridgehead atoms. The van der Waals surface area contributed by atoms with E-state index in [0.29, 0.717) is 12.6 Å². The standard InChI is InChI=1S/C11H21N3O2/c1-3-12-6-8(2)11(16)13-7-10(15)14-9-4-5-9/h8-9,12H,3-7H2,1-2H3,(H,13,16)(H,14,15). The number of nitrogens with one attached hydrogen (secondary N) is 3. The van der Waals surface area contributed by atoms with Gasteiger partial charge < -0.3 is 16.0 Å². The second-order valence-corrected chi connectivity index (χ2v) is 4.27. The molecule has 3 N–H and O–H groups in total. The van der Waals surface area contributed by atoms with Crippen LogP contribution >= 0.6 is 0 Å². The summed E-state index contributed by atoms with van der Waals surface area (Å²) in [6.45, 7) is 5.42. The summed E-state index contributed by atoms with van der Waals surface area (Å²) in [5.74, 6) is -0.271. The fourth-order valence-corrected chi connectivity index (χ4v) is 1.30. The van der Waals surface area contributed by atoms with Gasteiger partial charge in [-0.15, -0.1) is 0 Å². The Morgan fingerprint density at radius 1 is 1.38 bits per heavy atom. The van der Waals surface area contributed by atoms with Gasteiger partial charge in [0.05, 0.1) is 6.54 Å². The highest BCUT2D eigenvalue weighted by Crippen LogP contribution is 2.18. The molecule has 5 heteroatoms. The Labute approximate surface area is 96.4 Å². The minimum atomic E-state index is -0.103. The quantitative estimate of drug-likeness (QED) is 0.555. The molecule has 5 nitrogen and oxygen atoms in total. The smallest absolute Gasteiger partial charge is 0.239 e. The summed E-state index contributed by atoms with van der Waals surface area (Å²) >= 11 is 0. The third-order valence-electron chi connectivity index (χ3n) is 2.51. The molecule has 0 aromatic heterocycles. The molecule has 92 valence electrons. The molecule has 1 unspecified atom stereocenters. The maximum Gasteiger partial charge on any atom is 0.239 e. The summed E-state index contributed by atoms with van der Waals surface area (Å²) in [7, 11) is 0. The minimum Gasteiger partial charge on any atom is -0.352 e. The van der Waals surface area contributed by atoms with Crippen molar-refractivity contribution in [1.82, 2.24) is 16.0 Å². The Hall–Kier alpha value is -1.10. The van der Waals surface area contributed by atoms with Crippen LogP contribution in [0, 0.1) is 5.92 Å². The molecule has 1 rings (SSSR count). The molecule has 0 aliphatic heterocycles. The first-order valence-corrected chi connectivity index (χ1v) is 5.91. The first-order valence-electron chi connectivity index (χ1n) is 5.91. The zero-order chi connectivity index (χ0) is 12.0. The Morgan fingerprint density at radius 3 is 2.62 bits per heavy atom. The van der Waals surface area contributed by atoms with E-state index in [4.69, 9.17) is 0 Å². The fraction of sp³-hybridized carbons (Fsp3) is 0.818. The number of amides is 2. The highest BCUT2D eigenvalue weighted by Gasteiger charge is 2.23. The summed E-state index contributed by atoms with van der Waals surface area (Å²) in [5, 5.41) is 8.55. The van der Waals surface area contributed by atoms with E-state index in [-0.39, 0.29) is 24.3 Å². The lowest BCUT2D eigenvalue weighted by Crippen LogP contribution is -2.41. The maximum atomic E-state index is 11.5. The predicted molar refractivity (Wildman–Crippen MR) is 61.9 cm³/mol. The van der Waals surface area contributed by atoms with Crippen LogP contribution in [-0.4, -0.2) is 37.5 Å². The van der Waals surface area contributed by atoms with E-state index in [1.54, 1.807) is 0 Å². The molecule has 1 saturated carbocycles. The van der Waals surface area contributed by atoms with Gasteiger partial charge in [-0.2, -0.15) is 0 Å². The molecule has 0 radical (unpaired) electrons. The van der Waals surface area contributed by atoms with Crippen molar-refractivity contribution in [2.45, 2.75) is 32.7 Å². The molecule has 1 aliphatic carbocycles. The Morgan fingerprint density at radius 2 is 2.06 bits per heavy atom. The zero-order valence-corrected chi connectivity index (χ0v) is 10.0. The van der Waals surface area contributed by atoms with Gasteiger partial charge in [-0.1, -0.05) is 13.8 Å². The SMILES string of the molecule is CCNCC(C)C(=O)NCC(=O)NC1CC1. The topological polar surface area (TPSA) is 70.2 Å². The molecule has 1 atom stereocenters. The third-order valence-corrected chi connectivity index (χ3v) is 2.51. The van der Waals surface area contributed by atoms with Crippen LogP contribution in [0.3, 0.4) is 0 Å². The minimum absolute atomic E-state index is 0.0769. The van der Waals surface area contributed by atoms with Gasteiger partial charge in [-0.05, 0) is 19.4 Å². The molecule has 0 aromatic rings. The summed E-state index contributed by atoms with van der Waals surface area (Å²) in [5.41, 5.74) is 0. The zero-order valence-electron chi connectivity index (χ0n) is 10.0. The van der Waals surface area contributed by atoms with Crippen molar-refractivity contribution in [3.05, 3.63) is 0 Å². The number of carbonyl (C=O) groups excluding carboxylic acids is 2. The molecule has 0 heterocycles. The highest BCUT2D eigenvalue weighted by atomic mass is 16.2. The number of carbonyl (C=O) groups is 2. The lowest BCUT2D eigenvalue weighted by molar-refractivity contribution is -0.128. The normalized spacial score (nSPS) is 16.6. The third kappa shape index (κ3) is 5.11. The highest BCUT2D eigenvalue weighted by molar-refractivity contribution is 5.85. The molecule has 2 amide bonds. The second-order valence-electron chi connectivity index (χ2n) is 4.27. The molecule has 0 spiro atoms. The summed E-state index contributed by atoms with van der Waals surface area (Å²) < 4.78 is 0. The van der Waals surface area contributed by atoms with Crippen LogP contribution in [0.25, 0.3) is 0 Å². The molecule has 1 fully saturated rings. The number of hydrogen-bond acceptors (Lipinski definition) is 3.